The fourth-order valence-electron chi connectivity index (χ4n) is 3.83. The molecular weight excluding hydrogens is 180 g/mol. The van der Waals surface area contributed by atoms with Gasteiger partial charge in [-0.25, -0.2) is 0 Å². The van der Waals surface area contributed by atoms with E-state index < -0.39 is 0 Å². The van der Waals surface area contributed by atoms with E-state index in [2.05, 4.69) is 13.8 Å². The molecule has 0 N–H and O–H groups in total. The second-order valence-corrected chi connectivity index (χ2v) is 6.67. The summed E-state index contributed by atoms with van der Waals surface area (Å²) in [5, 5.41) is 0. The molecule has 0 bridgehead atoms. The fourth-order valence-corrected chi connectivity index (χ4v) is 3.83. The highest BCUT2D eigenvalue weighted by molar-refractivity contribution is 4.84. The van der Waals surface area contributed by atoms with Gasteiger partial charge < -0.3 is 0 Å². The first kappa shape index (κ1) is 11.5. The lowest BCUT2D eigenvalue weighted by atomic mass is 9.65. The highest BCUT2D eigenvalue weighted by atomic mass is 14.4. The van der Waals surface area contributed by atoms with Crippen molar-refractivity contribution in [1.29, 1.82) is 0 Å². The molecule has 0 aromatic rings. The van der Waals surface area contributed by atoms with Gasteiger partial charge in [-0.2, -0.15) is 0 Å². The van der Waals surface area contributed by atoms with Crippen LogP contribution in [0.25, 0.3) is 0 Å². The molecule has 0 heterocycles. The van der Waals surface area contributed by atoms with E-state index in [9.17, 15) is 0 Å². The molecule has 0 aromatic heterocycles. The van der Waals surface area contributed by atoms with Crippen LogP contribution in [0.2, 0.25) is 0 Å². The lowest BCUT2D eigenvalue weighted by molar-refractivity contribution is 0.102. The first-order chi connectivity index (χ1) is 7.18. The largest absolute Gasteiger partial charge is 0.0596 e. The molecule has 2 fully saturated rings. The lowest BCUT2D eigenvalue weighted by Gasteiger charge is -2.41. The van der Waals surface area contributed by atoms with Gasteiger partial charge >= 0.3 is 0 Å². The van der Waals surface area contributed by atoms with E-state index in [1.54, 1.807) is 6.42 Å². The van der Waals surface area contributed by atoms with Crippen molar-refractivity contribution in [2.75, 3.05) is 0 Å². The minimum Gasteiger partial charge on any atom is -0.0596 e. The van der Waals surface area contributed by atoms with Crippen molar-refractivity contribution in [1.82, 2.24) is 0 Å². The average molecular weight is 208 g/mol. The summed E-state index contributed by atoms with van der Waals surface area (Å²) in [5.41, 5.74) is 0.649. The molecule has 0 amide bonds. The second kappa shape index (κ2) is 4.89. The van der Waals surface area contributed by atoms with Crippen LogP contribution in [-0.2, 0) is 0 Å². The Labute approximate surface area is 95.8 Å². The van der Waals surface area contributed by atoms with Gasteiger partial charge in [-0.15, -0.1) is 0 Å². The quantitative estimate of drug-likeness (QED) is 0.587. The van der Waals surface area contributed by atoms with Gasteiger partial charge in [0, 0.05) is 0 Å². The Kier molecular flexibility index (Phi) is 3.74. The van der Waals surface area contributed by atoms with Crippen LogP contribution in [0.1, 0.15) is 78.1 Å². The van der Waals surface area contributed by atoms with Crippen LogP contribution in [0, 0.1) is 17.3 Å². The minimum absolute atomic E-state index is 0.649. The monoisotopic (exact) mass is 208 g/mol. The van der Waals surface area contributed by atoms with Crippen molar-refractivity contribution in [3.05, 3.63) is 0 Å². The molecule has 15 heavy (non-hydrogen) atoms. The van der Waals surface area contributed by atoms with Gasteiger partial charge in [0.2, 0.25) is 0 Å². The summed E-state index contributed by atoms with van der Waals surface area (Å²) >= 11 is 0. The van der Waals surface area contributed by atoms with Crippen molar-refractivity contribution in [2.24, 2.45) is 17.3 Å². The Morgan fingerprint density at radius 1 is 0.867 bits per heavy atom. The maximum absolute atomic E-state index is 2.51. The molecule has 2 aliphatic rings. The zero-order valence-electron chi connectivity index (χ0n) is 10.7. The smallest absolute Gasteiger partial charge is 0.0326 e. The zero-order valence-corrected chi connectivity index (χ0v) is 10.7. The summed E-state index contributed by atoms with van der Waals surface area (Å²) in [6, 6.07) is 0. The van der Waals surface area contributed by atoms with E-state index in [1.165, 1.54) is 57.8 Å². The summed E-state index contributed by atoms with van der Waals surface area (Å²) in [4.78, 5) is 0. The Hall–Kier alpha value is 0. The van der Waals surface area contributed by atoms with Gasteiger partial charge in [0.15, 0.2) is 0 Å². The van der Waals surface area contributed by atoms with Crippen LogP contribution >= 0.6 is 0 Å². The lowest BCUT2D eigenvalue weighted by Crippen LogP contribution is -2.30. The van der Waals surface area contributed by atoms with Crippen molar-refractivity contribution in [2.45, 2.75) is 78.1 Å². The van der Waals surface area contributed by atoms with Gasteiger partial charge in [0.05, 0.1) is 0 Å². The Morgan fingerprint density at radius 3 is 2.20 bits per heavy atom. The highest BCUT2D eigenvalue weighted by Gasteiger charge is 2.33. The molecule has 0 spiro atoms. The second-order valence-electron chi connectivity index (χ2n) is 6.67. The Balaban J connectivity index is 1.85. The molecule has 2 aliphatic carbocycles. The van der Waals surface area contributed by atoms with Gasteiger partial charge in [-0.05, 0) is 36.5 Å². The molecule has 0 saturated heterocycles. The van der Waals surface area contributed by atoms with E-state index in [0.29, 0.717) is 5.41 Å². The van der Waals surface area contributed by atoms with Gasteiger partial charge in [0.25, 0.3) is 0 Å². The van der Waals surface area contributed by atoms with Crippen LogP contribution in [0.5, 0.6) is 0 Å². The SMILES string of the molecule is CC1(C)CCCCC1CC1CCCCC1. The zero-order chi connectivity index (χ0) is 10.7. The van der Waals surface area contributed by atoms with Crippen LogP contribution < -0.4 is 0 Å². The molecule has 0 heteroatoms. The summed E-state index contributed by atoms with van der Waals surface area (Å²) in [6.07, 6.45) is 15.1. The molecule has 0 nitrogen and oxygen atoms in total. The molecule has 0 aliphatic heterocycles. The Bertz CT molecular complexity index is 186. The third kappa shape index (κ3) is 2.98. The van der Waals surface area contributed by atoms with E-state index in [4.69, 9.17) is 0 Å². The molecular formula is C15H28. The summed E-state index contributed by atoms with van der Waals surface area (Å²) < 4.78 is 0. The third-order valence-corrected chi connectivity index (χ3v) is 5.07. The molecule has 2 rings (SSSR count). The Morgan fingerprint density at radius 2 is 1.53 bits per heavy atom. The van der Waals surface area contributed by atoms with Crippen LogP contribution in [-0.4, -0.2) is 0 Å². The normalized spacial score (nSPS) is 32.8. The maximum atomic E-state index is 2.51. The number of hydrogen-bond acceptors (Lipinski definition) is 0. The summed E-state index contributed by atoms with van der Waals surface area (Å²) in [7, 11) is 0. The summed E-state index contributed by atoms with van der Waals surface area (Å²) in [5.74, 6) is 2.12. The average Bonchev–Trinajstić information content (AvgIpc) is 2.23. The van der Waals surface area contributed by atoms with Gasteiger partial charge in [-0.3, -0.25) is 0 Å². The van der Waals surface area contributed by atoms with Crippen molar-refractivity contribution in [3.8, 4) is 0 Å². The standard InChI is InChI=1S/C15H28/c1-15(2)11-7-6-10-14(15)12-13-8-4-3-5-9-13/h13-14H,3-12H2,1-2H3. The maximum Gasteiger partial charge on any atom is -0.0326 e. The van der Waals surface area contributed by atoms with Crippen molar-refractivity contribution in [3.63, 3.8) is 0 Å². The molecule has 1 atom stereocenters. The van der Waals surface area contributed by atoms with Gasteiger partial charge in [-0.1, -0.05) is 58.8 Å². The predicted molar refractivity (Wildman–Crippen MR) is 66.9 cm³/mol. The van der Waals surface area contributed by atoms with E-state index in [0.717, 1.165) is 11.8 Å². The topological polar surface area (TPSA) is 0 Å². The van der Waals surface area contributed by atoms with E-state index in [-0.39, 0.29) is 0 Å². The molecule has 1 unspecified atom stereocenters. The summed E-state index contributed by atoms with van der Waals surface area (Å²) in [6.45, 7) is 5.03. The fraction of sp³-hybridized carbons (Fsp3) is 1.00. The van der Waals surface area contributed by atoms with Crippen LogP contribution in [0.4, 0.5) is 0 Å². The first-order valence-electron chi connectivity index (χ1n) is 7.18. The van der Waals surface area contributed by atoms with E-state index >= 15 is 0 Å². The predicted octanol–water partition coefficient (Wildman–Crippen LogP) is 5.17. The molecule has 2 saturated carbocycles. The highest BCUT2D eigenvalue weighted by Crippen LogP contribution is 2.45. The third-order valence-electron chi connectivity index (χ3n) is 5.07. The first-order valence-corrected chi connectivity index (χ1v) is 7.18. The van der Waals surface area contributed by atoms with Gasteiger partial charge in [0.1, 0.15) is 0 Å². The number of hydrogen-bond donors (Lipinski definition) is 0. The van der Waals surface area contributed by atoms with Crippen LogP contribution in [0.15, 0.2) is 0 Å². The minimum atomic E-state index is 0.649. The molecule has 0 radical (unpaired) electrons. The van der Waals surface area contributed by atoms with E-state index in [1.807, 2.05) is 0 Å². The molecule has 0 aromatic carbocycles. The van der Waals surface area contributed by atoms with Crippen molar-refractivity contribution >= 4 is 0 Å². The van der Waals surface area contributed by atoms with Crippen molar-refractivity contribution < 1.29 is 0 Å². The van der Waals surface area contributed by atoms with Crippen LogP contribution in [0.3, 0.4) is 0 Å². The molecule has 88 valence electrons. The number of rotatable bonds is 2.